The lowest BCUT2D eigenvalue weighted by molar-refractivity contribution is -0.116. The predicted octanol–water partition coefficient (Wildman–Crippen LogP) is 3.39. The minimum atomic E-state index is -0.455. The number of hydrazine groups is 1. The van der Waals surface area contributed by atoms with Crippen LogP contribution in [0.1, 0.15) is 41.0 Å². The molecule has 8 nitrogen and oxygen atoms in total. The SMILES string of the molecule is COc1ccc(C(=O)NC(=S)NNC(=O)c2ccc(NC(=O)CC(C)C)cc2)cc1Br. The van der Waals surface area contributed by atoms with E-state index in [1.807, 2.05) is 13.8 Å². The molecular weight excluding hydrogens is 484 g/mol. The molecule has 0 saturated heterocycles. The predicted molar refractivity (Wildman–Crippen MR) is 126 cm³/mol. The van der Waals surface area contributed by atoms with Crippen LogP contribution in [0.15, 0.2) is 46.9 Å². The Balaban J connectivity index is 1.84. The van der Waals surface area contributed by atoms with Crippen LogP contribution >= 0.6 is 28.1 Å². The van der Waals surface area contributed by atoms with E-state index in [4.69, 9.17) is 17.0 Å². The van der Waals surface area contributed by atoms with E-state index in [-0.39, 0.29) is 16.9 Å². The number of anilines is 1. The fourth-order valence-corrected chi connectivity index (χ4v) is 3.17. The monoisotopic (exact) mass is 506 g/mol. The third-order valence-electron chi connectivity index (χ3n) is 3.96. The summed E-state index contributed by atoms with van der Waals surface area (Å²) in [6, 6.07) is 11.2. The van der Waals surface area contributed by atoms with E-state index in [1.54, 1.807) is 42.5 Å². The van der Waals surface area contributed by atoms with Gasteiger partial charge in [-0.2, -0.15) is 0 Å². The number of hydrogen-bond donors (Lipinski definition) is 4. The van der Waals surface area contributed by atoms with Crippen LogP contribution in [0.5, 0.6) is 5.75 Å². The molecule has 0 saturated carbocycles. The number of nitrogens with one attached hydrogen (secondary N) is 4. The Labute approximate surface area is 194 Å². The van der Waals surface area contributed by atoms with Crippen molar-refractivity contribution in [1.82, 2.24) is 16.2 Å². The van der Waals surface area contributed by atoms with E-state index >= 15 is 0 Å². The molecule has 164 valence electrons. The maximum Gasteiger partial charge on any atom is 0.269 e. The van der Waals surface area contributed by atoms with Gasteiger partial charge in [-0.05, 0) is 76.5 Å². The van der Waals surface area contributed by atoms with Gasteiger partial charge in [0.1, 0.15) is 5.75 Å². The van der Waals surface area contributed by atoms with Crippen molar-refractivity contribution in [2.45, 2.75) is 20.3 Å². The Morgan fingerprint density at radius 2 is 1.65 bits per heavy atom. The van der Waals surface area contributed by atoms with Gasteiger partial charge < -0.3 is 10.1 Å². The van der Waals surface area contributed by atoms with Crippen LogP contribution in [-0.4, -0.2) is 29.9 Å². The molecule has 2 rings (SSSR count). The van der Waals surface area contributed by atoms with Gasteiger partial charge in [0.2, 0.25) is 5.91 Å². The molecule has 3 amide bonds. The maximum absolute atomic E-state index is 12.3. The first-order valence-electron chi connectivity index (χ1n) is 9.34. The van der Waals surface area contributed by atoms with E-state index in [9.17, 15) is 14.4 Å². The lowest BCUT2D eigenvalue weighted by atomic mass is 10.1. The van der Waals surface area contributed by atoms with Gasteiger partial charge in [0.25, 0.3) is 11.8 Å². The number of halogens is 1. The summed E-state index contributed by atoms with van der Waals surface area (Å²) in [6.45, 7) is 3.92. The van der Waals surface area contributed by atoms with Gasteiger partial charge in [-0.25, -0.2) is 0 Å². The first kappa shape index (κ1) is 24.3. The fraction of sp³-hybridized carbons (Fsp3) is 0.238. The molecule has 0 fully saturated rings. The second-order valence-electron chi connectivity index (χ2n) is 6.94. The summed E-state index contributed by atoms with van der Waals surface area (Å²) in [5.74, 6) is -0.138. The molecule has 0 heterocycles. The largest absolute Gasteiger partial charge is 0.496 e. The molecule has 31 heavy (non-hydrogen) atoms. The highest BCUT2D eigenvalue weighted by atomic mass is 79.9. The highest BCUT2D eigenvalue weighted by Gasteiger charge is 2.12. The number of methoxy groups -OCH3 is 1. The van der Waals surface area contributed by atoms with Crippen molar-refractivity contribution in [1.29, 1.82) is 0 Å². The van der Waals surface area contributed by atoms with Crippen molar-refractivity contribution in [3.63, 3.8) is 0 Å². The number of rotatable bonds is 6. The van der Waals surface area contributed by atoms with Gasteiger partial charge >= 0.3 is 0 Å². The molecule has 0 unspecified atom stereocenters. The van der Waals surface area contributed by atoms with Crippen LogP contribution in [0.2, 0.25) is 0 Å². The zero-order valence-electron chi connectivity index (χ0n) is 17.2. The molecule has 0 aromatic heterocycles. The van der Waals surface area contributed by atoms with Crippen molar-refractivity contribution in [3.8, 4) is 5.75 Å². The van der Waals surface area contributed by atoms with Crippen molar-refractivity contribution in [2.24, 2.45) is 5.92 Å². The topological polar surface area (TPSA) is 109 Å². The van der Waals surface area contributed by atoms with Crippen LogP contribution in [-0.2, 0) is 4.79 Å². The molecule has 4 N–H and O–H groups in total. The van der Waals surface area contributed by atoms with E-state index in [0.717, 1.165) is 0 Å². The number of thiocarbonyl (C=S) groups is 1. The van der Waals surface area contributed by atoms with Crippen LogP contribution < -0.4 is 26.2 Å². The average molecular weight is 507 g/mol. The zero-order valence-corrected chi connectivity index (χ0v) is 19.6. The van der Waals surface area contributed by atoms with Gasteiger partial charge in [0, 0.05) is 23.2 Å². The standard InChI is InChI=1S/C21H23BrN4O4S/c1-12(2)10-18(27)23-15-7-4-13(5-8-15)20(29)25-26-21(31)24-19(28)14-6-9-17(30-3)16(22)11-14/h4-9,11-12H,10H2,1-3H3,(H,23,27)(H,25,29)(H2,24,26,28,31). The summed E-state index contributed by atoms with van der Waals surface area (Å²) in [4.78, 5) is 36.3. The van der Waals surface area contributed by atoms with Gasteiger partial charge in [-0.3, -0.25) is 30.6 Å². The van der Waals surface area contributed by atoms with Crippen molar-refractivity contribution in [2.75, 3.05) is 12.4 Å². The number of carbonyl (C=O) groups is 3. The van der Waals surface area contributed by atoms with Gasteiger partial charge in [0.15, 0.2) is 5.11 Å². The van der Waals surface area contributed by atoms with E-state index in [1.165, 1.54) is 7.11 Å². The minimum Gasteiger partial charge on any atom is -0.496 e. The second-order valence-corrected chi connectivity index (χ2v) is 8.20. The third-order valence-corrected chi connectivity index (χ3v) is 4.78. The molecule has 0 bridgehead atoms. The molecule has 0 atom stereocenters. The smallest absolute Gasteiger partial charge is 0.269 e. The molecule has 10 heteroatoms. The molecular formula is C21H23BrN4O4S. The Morgan fingerprint density at radius 3 is 2.23 bits per heavy atom. The summed E-state index contributed by atoms with van der Waals surface area (Å²) in [5, 5.41) is 5.18. The molecule has 2 aromatic carbocycles. The van der Waals surface area contributed by atoms with Gasteiger partial charge in [-0.1, -0.05) is 13.8 Å². The minimum absolute atomic E-state index is 0.0668. The summed E-state index contributed by atoms with van der Waals surface area (Å²) >= 11 is 8.35. The molecule has 0 aliphatic heterocycles. The molecule has 0 radical (unpaired) electrons. The van der Waals surface area contributed by atoms with Gasteiger partial charge in [-0.15, -0.1) is 0 Å². The Morgan fingerprint density at radius 1 is 1.00 bits per heavy atom. The Hall–Kier alpha value is -2.98. The maximum atomic E-state index is 12.3. The molecule has 2 aromatic rings. The zero-order chi connectivity index (χ0) is 23.0. The molecule has 0 spiro atoms. The Bertz CT molecular complexity index is 980. The van der Waals surface area contributed by atoms with Crippen molar-refractivity contribution in [3.05, 3.63) is 58.1 Å². The Kier molecular flexibility index (Phi) is 8.95. The lowest BCUT2D eigenvalue weighted by Gasteiger charge is -2.12. The van der Waals surface area contributed by atoms with Crippen molar-refractivity contribution < 1.29 is 19.1 Å². The molecule has 0 aliphatic carbocycles. The second kappa shape index (κ2) is 11.4. The molecule has 0 aliphatic rings. The normalized spacial score (nSPS) is 10.2. The van der Waals surface area contributed by atoms with Crippen LogP contribution in [0.4, 0.5) is 5.69 Å². The van der Waals surface area contributed by atoms with Crippen molar-refractivity contribution >= 4 is 56.7 Å². The summed E-state index contributed by atoms with van der Waals surface area (Å²) in [7, 11) is 1.53. The number of ether oxygens (including phenoxy) is 1. The highest BCUT2D eigenvalue weighted by Crippen LogP contribution is 2.25. The number of hydrogen-bond acceptors (Lipinski definition) is 5. The number of amides is 3. The summed E-state index contributed by atoms with van der Waals surface area (Å²) in [5.41, 5.74) is 6.20. The van der Waals surface area contributed by atoms with Crippen LogP contribution in [0.25, 0.3) is 0 Å². The number of benzene rings is 2. The van der Waals surface area contributed by atoms with Crippen LogP contribution in [0, 0.1) is 5.92 Å². The summed E-state index contributed by atoms with van der Waals surface area (Å²) < 4.78 is 5.75. The number of carbonyl (C=O) groups excluding carboxylic acids is 3. The van der Waals surface area contributed by atoms with E-state index < -0.39 is 11.8 Å². The quantitative estimate of drug-likeness (QED) is 0.353. The van der Waals surface area contributed by atoms with E-state index in [2.05, 4.69) is 37.4 Å². The third kappa shape index (κ3) is 7.65. The fourth-order valence-electron chi connectivity index (χ4n) is 2.49. The average Bonchev–Trinajstić information content (AvgIpc) is 2.71. The van der Waals surface area contributed by atoms with Crippen LogP contribution in [0.3, 0.4) is 0 Å². The highest BCUT2D eigenvalue weighted by molar-refractivity contribution is 9.10. The van der Waals surface area contributed by atoms with Gasteiger partial charge in [0.05, 0.1) is 11.6 Å². The first-order valence-corrected chi connectivity index (χ1v) is 10.5. The summed E-state index contributed by atoms with van der Waals surface area (Å²) in [6.07, 6.45) is 0.419. The lowest BCUT2D eigenvalue weighted by Crippen LogP contribution is -2.48. The van der Waals surface area contributed by atoms with E-state index in [0.29, 0.717) is 33.5 Å². The first-order chi connectivity index (χ1) is 14.7.